The number of hydrogen-bond donors (Lipinski definition) is 1. The summed E-state index contributed by atoms with van der Waals surface area (Å²) in [4.78, 5) is 19.6. The Labute approximate surface area is 174 Å². The second-order valence-electron chi connectivity index (χ2n) is 7.48. The Hall–Kier alpha value is -0.360. The van der Waals surface area contributed by atoms with E-state index < -0.39 is 0 Å². The lowest BCUT2D eigenvalue weighted by atomic mass is 9.83. The van der Waals surface area contributed by atoms with Crippen molar-refractivity contribution in [3.8, 4) is 0 Å². The molecule has 0 bridgehead atoms. The molecule has 2 aliphatic rings. The lowest BCUT2D eigenvalue weighted by Gasteiger charge is -2.34. The third-order valence-electron chi connectivity index (χ3n) is 5.74. The molecule has 0 saturated carbocycles. The molecular weight excluding hydrogens is 389 g/mol. The highest BCUT2D eigenvalue weighted by Gasteiger charge is 2.29. The first-order chi connectivity index (χ1) is 11.7. The zero-order valence-corrected chi connectivity index (χ0v) is 18.4. The zero-order valence-electron chi connectivity index (χ0n) is 15.9. The van der Waals surface area contributed by atoms with Crippen molar-refractivity contribution in [1.29, 1.82) is 0 Å². The number of aromatic nitrogens is 1. The first kappa shape index (κ1) is 23.7. The summed E-state index contributed by atoms with van der Waals surface area (Å²) < 4.78 is 0. The molecule has 4 nitrogen and oxygen atoms in total. The van der Waals surface area contributed by atoms with Gasteiger partial charge in [0.25, 0.3) is 0 Å². The summed E-state index contributed by atoms with van der Waals surface area (Å²) in [7, 11) is 0. The third kappa shape index (κ3) is 6.08. The Kier molecular flexibility index (Phi) is 10.5. The minimum absolute atomic E-state index is 0. The van der Waals surface area contributed by atoms with Crippen molar-refractivity contribution < 1.29 is 4.79 Å². The summed E-state index contributed by atoms with van der Waals surface area (Å²) in [5.74, 6) is 2.02. The fraction of sp³-hybridized carbons (Fsp3) is 0.789. The molecule has 1 N–H and O–H groups in total. The number of piperidine rings is 2. The standard InChI is InChI=1S/C19H31N3OS.2ClH/c1-3-17-13-24-19(21-17)16-5-4-10-22(12-16)18(23)11-14(2)15-6-8-20-9-7-15;;/h13-16,20H,3-12H2,1-2H3;2*1H. The molecule has 0 aliphatic carbocycles. The number of rotatable bonds is 5. The summed E-state index contributed by atoms with van der Waals surface area (Å²) >= 11 is 1.78. The summed E-state index contributed by atoms with van der Waals surface area (Å²) in [5.41, 5.74) is 1.19. The topological polar surface area (TPSA) is 45.2 Å². The Morgan fingerprint density at radius 3 is 2.73 bits per heavy atom. The monoisotopic (exact) mass is 421 g/mol. The number of nitrogens with one attached hydrogen (secondary N) is 1. The average molecular weight is 422 g/mol. The normalized spacial score (nSPS) is 22.2. The Morgan fingerprint density at radius 2 is 2.08 bits per heavy atom. The van der Waals surface area contributed by atoms with Crippen molar-refractivity contribution in [2.24, 2.45) is 11.8 Å². The van der Waals surface area contributed by atoms with E-state index in [4.69, 9.17) is 4.98 Å². The van der Waals surface area contributed by atoms with Crippen LogP contribution in [0.2, 0.25) is 0 Å². The maximum Gasteiger partial charge on any atom is 0.222 e. The number of aryl methyl sites for hydroxylation is 1. The van der Waals surface area contributed by atoms with E-state index in [1.807, 2.05) is 0 Å². The largest absolute Gasteiger partial charge is 0.342 e. The zero-order chi connectivity index (χ0) is 16.9. The van der Waals surface area contributed by atoms with Crippen LogP contribution in [-0.4, -0.2) is 42.0 Å². The molecule has 1 aromatic rings. The molecule has 2 fully saturated rings. The summed E-state index contributed by atoms with van der Waals surface area (Å²) in [6.45, 7) is 8.44. The maximum absolute atomic E-state index is 12.8. The number of carbonyl (C=O) groups is 1. The van der Waals surface area contributed by atoms with Crippen molar-refractivity contribution in [3.63, 3.8) is 0 Å². The molecule has 1 aromatic heterocycles. The number of nitrogens with zero attached hydrogens (tertiary/aromatic N) is 2. The van der Waals surface area contributed by atoms with E-state index in [-0.39, 0.29) is 24.8 Å². The van der Waals surface area contributed by atoms with E-state index >= 15 is 0 Å². The van der Waals surface area contributed by atoms with Crippen LogP contribution in [0, 0.1) is 11.8 Å². The van der Waals surface area contributed by atoms with Gasteiger partial charge < -0.3 is 10.2 Å². The van der Waals surface area contributed by atoms with Gasteiger partial charge in [-0.2, -0.15) is 0 Å². The minimum Gasteiger partial charge on any atom is -0.342 e. The lowest BCUT2D eigenvalue weighted by molar-refractivity contribution is -0.133. The van der Waals surface area contributed by atoms with Gasteiger partial charge in [-0.3, -0.25) is 4.79 Å². The van der Waals surface area contributed by atoms with Gasteiger partial charge in [0.15, 0.2) is 0 Å². The number of halogens is 2. The van der Waals surface area contributed by atoms with Gasteiger partial charge in [0, 0.05) is 30.8 Å². The van der Waals surface area contributed by atoms with Gasteiger partial charge in [-0.05, 0) is 57.0 Å². The predicted molar refractivity (Wildman–Crippen MR) is 114 cm³/mol. The highest BCUT2D eigenvalue weighted by Crippen LogP contribution is 2.31. The van der Waals surface area contributed by atoms with Crippen molar-refractivity contribution in [2.75, 3.05) is 26.2 Å². The second kappa shape index (κ2) is 11.5. The maximum atomic E-state index is 12.8. The molecule has 3 heterocycles. The van der Waals surface area contributed by atoms with Crippen LogP contribution in [0.25, 0.3) is 0 Å². The van der Waals surface area contributed by atoms with Crippen LogP contribution < -0.4 is 5.32 Å². The molecule has 2 atom stereocenters. The summed E-state index contributed by atoms with van der Waals surface area (Å²) in [6, 6.07) is 0. The molecule has 2 unspecified atom stereocenters. The van der Waals surface area contributed by atoms with Crippen molar-refractivity contribution in [3.05, 3.63) is 16.1 Å². The van der Waals surface area contributed by atoms with Gasteiger partial charge in [-0.15, -0.1) is 36.2 Å². The van der Waals surface area contributed by atoms with Crippen LogP contribution in [0.1, 0.15) is 62.6 Å². The number of thiazole rings is 1. The molecule has 150 valence electrons. The van der Waals surface area contributed by atoms with Crippen LogP contribution in [0.3, 0.4) is 0 Å². The van der Waals surface area contributed by atoms with Crippen molar-refractivity contribution in [1.82, 2.24) is 15.2 Å². The second-order valence-corrected chi connectivity index (χ2v) is 8.37. The number of likely N-dealkylation sites (tertiary alicyclic amines) is 1. The highest BCUT2D eigenvalue weighted by molar-refractivity contribution is 7.09. The lowest BCUT2D eigenvalue weighted by Crippen LogP contribution is -2.40. The number of carbonyl (C=O) groups excluding carboxylic acids is 1. The highest BCUT2D eigenvalue weighted by atomic mass is 35.5. The average Bonchev–Trinajstić information content (AvgIpc) is 3.12. The first-order valence-corrected chi connectivity index (χ1v) is 10.5. The SMILES string of the molecule is CCc1csc(C2CCCN(C(=O)CC(C)C3CCNCC3)C2)n1.Cl.Cl. The molecule has 1 amide bonds. The summed E-state index contributed by atoms with van der Waals surface area (Å²) in [5, 5.41) is 6.82. The van der Waals surface area contributed by atoms with Gasteiger partial charge in [-0.1, -0.05) is 13.8 Å². The van der Waals surface area contributed by atoms with E-state index in [1.165, 1.54) is 30.0 Å². The number of hydrogen-bond acceptors (Lipinski definition) is 4. The van der Waals surface area contributed by atoms with E-state index in [9.17, 15) is 4.79 Å². The van der Waals surface area contributed by atoms with E-state index in [2.05, 4.69) is 29.4 Å². The van der Waals surface area contributed by atoms with Gasteiger partial charge >= 0.3 is 0 Å². The van der Waals surface area contributed by atoms with Crippen LogP contribution in [0.4, 0.5) is 0 Å². The Bertz CT molecular complexity index is 549. The van der Waals surface area contributed by atoms with Gasteiger partial charge in [0.2, 0.25) is 5.91 Å². The fourth-order valence-electron chi connectivity index (χ4n) is 4.06. The quantitative estimate of drug-likeness (QED) is 0.771. The smallest absolute Gasteiger partial charge is 0.222 e. The van der Waals surface area contributed by atoms with Crippen molar-refractivity contribution >= 4 is 42.1 Å². The third-order valence-corrected chi connectivity index (χ3v) is 6.80. The molecule has 0 spiro atoms. The molecule has 0 aromatic carbocycles. The molecule has 2 aliphatic heterocycles. The van der Waals surface area contributed by atoms with Crippen molar-refractivity contribution in [2.45, 2.75) is 58.3 Å². The molecule has 26 heavy (non-hydrogen) atoms. The van der Waals surface area contributed by atoms with Gasteiger partial charge in [0.05, 0.1) is 10.7 Å². The van der Waals surface area contributed by atoms with E-state index in [0.29, 0.717) is 23.7 Å². The number of amides is 1. The first-order valence-electron chi connectivity index (χ1n) is 9.60. The van der Waals surface area contributed by atoms with Gasteiger partial charge in [-0.25, -0.2) is 4.98 Å². The minimum atomic E-state index is 0. The summed E-state index contributed by atoms with van der Waals surface area (Å²) in [6.07, 6.45) is 6.44. The van der Waals surface area contributed by atoms with Crippen LogP contribution >= 0.6 is 36.2 Å². The molecule has 0 radical (unpaired) electrons. The fourth-order valence-corrected chi connectivity index (χ4v) is 5.09. The van der Waals surface area contributed by atoms with Crippen LogP contribution in [0.5, 0.6) is 0 Å². The van der Waals surface area contributed by atoms with E-state index in [1.54, 1.807) is 11.3 Å². The predicted octanol–water partition coefficient (Wildman–Crippen LogP) is 4.28. The van der Waals surface area contributed by atoms with Gasteiger partial charge in [0.1, 0.15) is 0 Å². The Balaban J connectivity index is 0.00000169. The van der Waals surface area contributed by atoms with Crippen LogP contribution in [0.15, 0.2) is 5.38 Å². The molecule has 2 saturated heterocycles. The van der Waals surface area contributed by atoms with Crippen LogP contribution in [-0.2, 0) is 11.2 Å². The Morgan fingerprint density at radius 1 is 1.35 bits per heavy atom. The molecule has 3 rings (SSSR count). The van der Waals surface area contributed by atoms with E-state index in [0.717, 1.165) is 45.4 Å². The molecular formula is C19H33Cl2N3OS. The molecule has 7 heteroatoms.